The highest BCUT2D eigenvalue weighted by Gasteiger charge is 2.11. The second-order valence-corrected chi connectivity index (χ2v) is 4.91. The lowest BCUT2D eigenvalue weighted by atomic mass is 10.2. The maximum Gasteiger partial charge on any atom is 0.137 e. The summed E-state index contributed by atoms with van der Waals surface area (Å²) < 4.78 is 5.58. The van der Waals surface area contributed by atoms with Crippen LogP contribution in [0.15, 0.2) is 36.4 Å². The van der Waals surface area contributed by atoms with Crippen molar-refractivity contribution in [3.05, 3.63) is 62.6 Å². The molecule has 0 heterocycles. The SMILES string of the molecule is N#Cc1ccccc1OCc1c(Cl)ccc(Cl)c1Cl. The van der Waals surface area contributed by atoms with E-state index in [-0.39, 0.29) is 6.61 Å². The lowest BCUT2D eigenvalue weighted by Gasteiger charge is -2.11. The average Bonchev–Trinajstić information content (AvgIpc) is 2.43. The molecule has 0 saturated carbocycles. The Morgan fingerprint density at radius 3 is 2.42 bits per heavy atom. The fourth-order valence-corrected chi connectivity index (χ4v) is 2.19. The van der Waals surface area contributed by atoms with Gasteiger partial charge >= 0.3 is 0 Å². The Kier molecular flexibility index (Phi) is 4.55. The van der Waals surface area contributed by atoms with E-state index in [0.717, 1.165) is 0 Å². The summed E-state index contributed by atoms with van der Waals surface area (Å²) in [7, 11) is 0. The maximum atomic E-state index is 8.97. The molecule has 0 aliphatic rings. The van der Waals surface area contributed by atoms with E-state index in [9.17, 15) is 0 Å². The molecule has 2 aromatic carbocycles. The van der Waals surface area contributed by atoms with Crippen molar-refractivity contribution in [3.63, 3.8) is 0 Å². The van der Waals surface area contributed by atoms with Gasteiger partial charge in [-0.3, -0.25) is 0 Å². The summed E-state index contributed by atoms with van der Waals surface area (Å²) in [5.41, 5.74) is 1.06. The predicted molar refractivity (Wildman–Crippen MR) is 77.0 cm³/mol. The topological polar surface area (TPSA) is 33.0 Å². The van der Waals surface area contributed by atoms with E-state index in [1.54, 1.807) is 36.4 Å². The van der Waals surface area contributed by atoms with Crippen molar-refractivity contribution in [2.45, 2.75) is 6.61 Å². The molecule has 0 saturated heterocycles. The van der Waals surface area contributed by atoms with Crippen LogP contribution >= 0.6 is 34.8 Å². The zero-order valence-corrected chi connectivity index (χ0v) is 11.9. The van der Waals surface area contributed by atoms with Crippen LogP contribution in [0.4, 0.5) is 0 Å². The zero-order valence-electron chi connectivity index (χ0n) is 9.66. The molecule has 2 rings (SSSR count). The van der Waals surface area contributed by atoms with Crippen molar-refractivity contribution in [2.24, 2.45) is 0 Å². The average molecular weight is 313 g/mol. The Balaban J connectivity index is 2.25. The van der Waals surface area contributed by atoms with Crippen LogP contribution in [0.5, 0.6) is 5.75 Å². The minimum Gasteiger partial charge on any atom is -0.487 e. The lowest BCUT2D eigenvalue weighted by Crippen LogP contribution is -1.99. The van der Waals surface area contributed by atoms with Gasteiger partial charge in [0.2, 0.25) is 0 Å². The van der Waals surface area contributed by atoms with Gasteiger partial charge in [-0.25, -0.2) is 0 Å². The van der Waals surface area contributed by atoms with E-state index in [1.165, 1.54) is 0 Å². The predicted octanol–water partition coefficient (Wildman–Crippen LogP) is 5.10. The third kappa shape index (κ3) is 3.13. The molecule has 0 spiro atoms. The zero-order chi connectivity index (χ0) is 13.8. The minimum atomic E-state index is 0.150. The highest BCUT2D eigenvalue weighted by atomic mass is 35.5. The first-order chi connectivity index (χ1) is 9.13. The highest BCUT2D eigenvalue weighted by molar-refractivity contribution is 6.44. The molecule has 0 fully saturated rings. The quantitative estimate of drug-likeness (QED) is 0.739. The van der Waals surface area contributed by atoms with Crippen molar-refractivity contribution in [1.29, 1.82) is 5.26 Å². The van der Waals surface area contributed by atoms with E-state index >= 15 is 0 Å². The van der Waals surface area contributed by atoms with Crippen LogP contribution in [0.2, 0.25) is 15.1 Å². The molecule has 0 aromatic heterocycles. The molecule has 0 aliphatic carbocycles. The molecule has 2 nitrogen and oxygen atoms in total. The van der Waals surface area contributed by atoms with Crippen molar-refractivity contribution in [3.8, 4) is 11.8 Å². The molecule has 5 heteroatoms. The van der Waals surface area contributed by atoms with Gasteiger partial charge in [-0.1, -0.05) is 46.9 Å². The van der Waals surface area contributed by atoms with Crippen LogP contribution in [0.3, 0.4) is 0 Å². The van der Waals surface area contributed by atoms with Gasteiger partial charge in [0.15, 0.2) is 0 Å². The van der Waals surface area contributed by atoms with Crippen LogP contribution in [0.1, 0.15) is 11.1 Å². The van der Waals surface area contributed by atoms with Gasteiger partial charge in [-0.2, -0.15) is 5.26 Å². The van der Waals surface area contributed by atoms with Gasteiger partial charge in [0.1, 0.15) is 18.4 Å². The normalized spacial score (nSPS) is 10.0. The Labute approximate surface area is 126 Å². The van der Waals surface area contributed by atoms with E-state index < -0.39 is 0 Å². The van der Waals surface area contributed by atoms with Gasteiger partial charge in [-0.05, 0) is 24.3 Å². The molecular weight excluding hydrogens is 305 g/mol. The first-order valence-corrected chi connectivity index (χ1v) is 6.51. The maximum absolute atomic E-state index is 8.97. The Morgan fingerprint density at radius 1 is 1.00 bits per heavy atom. The summed E-state index contributed by atoms with van der Waals surface area (Å²) in [4.78, 5) is 0. The van der Waals surface area contributed by atoms with Gasteiger partial charge in [0.25, 0.3) is 0 Å². The van der Waals surface area contributed by atoms with Gasteiger partial charge in [0, 0.05) is 10.6 Å². The summed E-state index contributed by atoms with van der Waals surface area (Å²) in [5.74, 6) is 0.483. The summed E-state index contributed by atoms with van der Waals surface area (Å²) in [6.07, 6.45) is 0. The number of nitriles is 1. The van der Waals surface area contributed by atoms with E-state index in [1.807, 2.05) is 0 Å². The summed E-state index contributed by atoms with van der Waals surface area (Å²) in [6.45, 7) is 0.150. The Bertz CT molecular complexity index is 650. The monoisotopic (exact) mass is 311 g/mol. The van der Waals surface area contributed by atoms with Gasteiger partial charge in [-0.15, -0.1) is 0 Å². The van der Waals surface area contributed by atoms with Gasteiger partial charge < -0.3 is 4.74 Å². The molecule has 0 radical (unpaired) electrons. The largest absolute Gasteiger partial charge is 0.487 e. The van der Waals surface area contributed by atoms with Crippen LogP contribution in [0.25, 0.3) is 0 Å². The molecule has 0 atom stereocenters. The number of rotatable bonds is 3. The number of hydrogen-bond donors (Lipinski definition) is 0. The number of para-hydroxylation sites is 1. The number of hydrogen-bond acceptors (Lipinski definition) is 2. The van der Waals surface area contributed by atoms with Crippen LogP contribution in [-0.4, -0.2) is 0 Å². The van der Waals surface area contributed by atoms with E-state index in [4.69, 9.17) is 44.8 Å². The first kappa shape index (κ1) is 14.0. The standard InChI is InChI=1S/C14H8Cl3NO/c15-11-5-6-12(16)14(17)10(11)8-19-13-4-2-1-3-9(13)7-18/h1-6H,8H2. The van der Waals surface area contributed by atoms with Crippen LogP contribution < -0.4 is 4.74 Å². The number of benzene rings is 2. The molecule has 19 heavy (non-hydrogen) atoms. The second-order valence-electron chi connectivity index (χ2n) is 3.72. The molecular formula is C14H8Cl3NO. The van der Waals surface area contributed by atoms with E-state index in [0.29, 0.717) is 31.9 Å². The van der Waals surface area contributed by atoms with Crippen molar-refractivity contribution < 1.29 is 4.74 Å². The summed E-state index contributed by atoms with van der Waals surface area (Å²) >= 11 is 18.1. The molecule has 0 unspecified atom stereocenters. The van der Waals surface area contributed by atoms with Crippen molar-refractivity contribution in [1.82, 2.24) is 0 Å². The number of halogens is 3. The minimum absolute atomic E-state index is 0.150. The first-order valence-electron chi connectivity index (χ1n) is 5.37. The Hall–Kier alpha value is -1.40. The van der Waals surface area contributed by atoms with Crippen molar-refractivity contribution in [2.75, 3.05) is 0 Å². The molecule has 2 aromatic rings. The summed E-state index contributed by atoms with van der Waals surface area (Å²) in [6, 6.07) is 12.3. The van der Waals surface area contributed by atoms with Crippen molar-refractivity contribution >= 4 is 34.8 Å². The molecule has 0 aliphatic heterocycles. The smallest absolute Gasteiger partial charge is 0.137 e. The second kappa shape index (κ2) is 6.16. The molecule has 0 amide bonds. The molecule has 0 N–H and O–H groups in total. The number of nitrogens with zero attached hydrogens (tertiary/aromatic N) is 1. The lowest BCUT2D eigenvalue weighted by molar-refractivity contribution is 0.305. The Morgan fingerprint density at radius 2 is 1.68 bits per heavy atom. The van der Waals surface area contributed by atoms with Crippen LogP contribution in [0, 0.1) is 11.3 Å². The van der Waals surface area contributed by atoms with E-state index in [2.05, 4.69) is 6.07 Å². The highest BCUT2D eigenvalue weighted by Crippen LogP contribution is 2.32. The molecule has 96 valence electrons. The summed E-state index contributed by atoms with van der Waals surface area (Å²) in [5, 5.41) is 10.2. The third-order valence-corrected chi connectivity index (χ3v) is 3.72. The number of ether oxygens (including phenoxy) is 1. The molecule has 0 bridgehead atoms. The third-order valence-electron chi connectivity index (χ3n) is 2.52. The fourth-order valence-electron chi connectivity index (χ4n) is 1.54. The van der Waals surface area contributed by atoms with Crippen LogP contribution in [-0.2, 0) is 6.61 Å². The van der Waals surface area contributed by atoms with Gasteiger partial charge in [0.05, 0.1) is 15.6 Å². The fraction of sp³-hybridized carbons (Fsp3) is 0.0714.